The molecular formula is C11H24O. The average molecular weight is 172 g/mol. The molecule has 0 aromatic rings. The predicted octanol–water partition coefficient (Wildman–Crippen LogP) is 3.37. The Balaban J connectivity index is 2.90. The number of hydrogen-bond donors (Lipinski definition) is 1. The van der Waals surface area contributed by atoms with Gasteiger partial charge in [-0.15, -0.1) is 0 Å². The van der Waals surface area contributed by atoms with Crippen molar-refractivity contribution in [3.05, 3.63) is 0 Å². The standard InChI is InChI=1S/C11H24O/c1-3-11(2)9-7-5-4-6-8-10-12/h11-12H,3-10H2,1-2H3/t11-/m1/s1. The summed E-state index contributed by atoms with van der Waals surface area (Å²) in [6.45, 7) is 4.95. The highest BCUT2D eigenvalue weighted by molar-refractivity contribution is 4.51. The quantitative estimate of drug-likeness (QED) is 0.557. The molecule has 0 saturated carbocycles. The Hall–Kier alpha value is -0.0400. The predicted molar refractivity (Wildman–Crippen MR) is 54.2 cm³/mol. The summed E-state index contributed by atoms with van der Waals surface area (Å²) in [5, 5.41) is 8.55. The second-order valence-corrected chi connectivity index (χ2v) is 3.79. The summed E-state index contributed by atoms with van der Waals surface area (Å²) in [5.41, 5.74) is 0. The van der Waals surface area contributed by atoms with Crippen LogP contribution in [0.4, 0.5) is 0 Å². The van der Waals surface area contributed by atoms with Crippen molar-refractivity contribution in [3.8, 4) is 0 Å². The second kappa shape index (κ2) is 9.05. The van der Waals surface area contributed by atoms with Gasteiger partial charge in [0, 0.05) is 6.61 Å². The monoisotopic (exact) mass is 172 g/mol. The molecule has 1 heteroatoms. The van der Waals surface area contributed by atoms with E-state index in [2.05, 4.69) is 13.8 Å². The summed E-state index contributed by atoms with van der Waals surface area (Å²) in [6, 6.07) is 0. The van der Waals surface area contributed by atoms with Gasteiger partial charge >= 0.3 is 0 Å². The van der Waals surface area contributed by atoms with E-state index < -0.39 is 0 Å². The normalized spacial score (nSPS) is 13.2. The smallest absolute Gasteiger partial charge is 0.0431 e. The molecule has 0 fully saturated rings. The van der Waals surface area contributed by atoms with Crippen LogP contribution in [-0.4, -0.2) is 11.7 Å². The molecule has 0 aliphatic rings. The van der Waals surface area contributed by atoms with Gasteiger partial charge in [0.15, 0.2) is 0 Å². The summed E-state index contributed by atoms with van der Waals surface area (Å²) < 4.78 is 0. The average Bonchev–Trinajstić information content (AvgIpc) is 2.10. The molecule has 0 radical (unpaired) electrons. The molecule has 0 aliphatic carbocycles. The van der Waals surface area contributed by atoms with Crippen molar-refractivity contribution in [2.24, 2.45) is 5.92 Å². The molecular weight excluding hydrogens is 148 g/mol. The Morgan fingerprint density at radius 3 is 2.17 bits per heavy atom. The molecule has 0 rings (SSSR count). The molecule has 0 amide bonds. The lowest BCUT2D eigenvalue weighted by Crippen LogP contribution is -1.91. The summed E-state index contributed by atoms with van der Waals surface area (Å²) in [5.74, 6) is 0.905. The molecule has 74 valence electrons. The SMILES string of the molecule is CC[C@@H](C)CCCCCCCO. The highest BCUT2D eigenvalue weighted by atomic mass is 16.2. The Labute approximate surface area is 77.2 Å². The first-order valence-corrected chi connectivity index (χ1v) is 5.42. The highest BCUT2D eigenvalue weighted by Crippen LogP contribution is 2.13. The van der Waals surface area contributed by atoms with E-state index in [-0.39, 0.29) is 0 Å². The van der Waals surface area contributed by atoms with Gasteiger partial charge in [-0.3, -0.25) is 0 Å². The lowest BCUT2D eigenvalue weighted by Gasteiger charge is -2.06. The van der Waals surface area contributed by atoms with Crippen molar-refractivity contribution in [1.82, 2.24) is 0 Å². The molecule has 0 aliphatic heterocycles. The van der Waals surface area contributed by atoms with E-state index >= 15 is 0 Å². The minimum absolute atomic E-state index is 0.366. The van der Waals surface area contributed by atoms with Crippen molar-refractivity contribution in [2.45, 2.75) is 58.8 Å². The van der Waals surface area contributed by atoms with Gasteiger partial charge in [-0.1, -0.05) is 52.4 Å². The summed E-state index contributed by atoms with van der Waals surface area (Å²) in [4.78, 5) is 0. The Bertz CT molecular complexity index is 81.1. The van der Waals surface area contributed by atoms with Crippen LogP contribution in [0.25, 0.3) is 0 Å². The number of rotatable bonds is 8. The van der Waals surface area contributed by atoms with Gasteiger partial charge in [0.25, 0.3) is 0 Å². The van der Waals surface area contributed by atoms with Gasteiger partial charge in [-0.2, -0.15) is 0 Å². The Morgan fingerprint density at radius 1 is 1.00 bits per heavy atom. The van der Waals surface area contributed by atoms with Crippen molar-refractivity contribution in [3.63, 3.8) is 0 Å². The van der Waals surface area contributed by atoms with Crippen LogP contribution < -0.4 is 0 Å². The number of aliphatic hydroxyl groups is 1. The first-order valence-electron chi connectivity index (χ1n) is 5.42. The van der Waals surface area contributed by atoms with E-state index in [0.717, 1.165) is 12.3 Å². The fraction of sp³-hybridized carbons (Fsp3) is 1.00. The zero-order chi connectivity index (χ0) is 9.23. The highest BCUT2D eigenvalue weighted by Gasteiger charge is 1.97. The van der Waals surface area contributed by atoms with Crippen LogP contribution in [0.2, 0.25) is 0 Å². The van der Waals surface area contributed by atoms with E-state index in [9.17, 15) is 0 Å². The molecule has 1 N–H and O–H groups in total. The van der Waals surface area contributed by atoms with Crippen molar-refractivity contribution in [1.29, 1.82) is 0 Å². The van der Waals surface area contributed by atoms with Gasteiger partial charge in [0.1, 0.15) is 0 Å². The van der Waals surface area contributed by atoms with E-state index in [1.807, 2.05) is 0 Å². The first kappa shape index (κ1) is 12.0. The molecule has 0 bridgehead atoms. The maximum atomic E-state index is 8.55. The van der Waals surface area contributed by atoms with Gasteiger partial charge in [0.05, 0.1) is 0 Å². The molecule has 1 atom stereocenters. The molecule has 1 nitrogen and oxygen atoms in total. The third-order valence-corrected chi connectivity index (χ3v) is 2.55. The lowest BCUT2D eigenvalue weighted by atomic mass is 10.0. The summed E-state index contributed by atoms with van der Waals surface area (Å²) in [6.07, 6.45) is 8.92. The van der Waals surface area contributed by atoms with E-state index in [4.69, 9.17) is 5.11 Å². The van der Waals surface area contributed by atoms with Crippen molar-refractivity contribution < 1.29 is 5.11 Å². The van der Waals surface area contributed by atoms with Gasteiger partial charge in [-0.05, 0) is 12.3 Å². The van der Waals surface area contributed by atoms with E-state index in [1.165, 1.54) is 38.5 Å². The minimum Gasteiger partial charge on any atom is -0.396 e. The van der Waals surface area contributed by atoms with Crippen LogP contribution in [0, 0.1) is 5.92 Å². The molecule has 0 saturated heterocycles. The molecule has 0 heterocycles. The first-order chi connectivity index (χ1) is 5.81. The topological polar surface area (TPSA) is 20.2 Å². The van der Waals surface area contributed by atoms with Crippen LogP contribution in [0.1, 0.15) is 58.8 Å². The molecule has 0 unspecified atom stereocenters. The van der Waals surface area contributed by atoms with Gasteiger partial charge in [-0.25, -0.2) is 0 Å². The molecule has 12 heavy (non-hydrogen) atoms. The maximum absolute atomic E-state index is 8.55. The Kier molecular flexibility index (Phi) is 9.02. The fourth-order valence-electron chi connectivity index (χ4n) is 1.34. The summed E-state index contributed by atoms with van der Waals surface area (Å²) in [7, 11) is 0. The van der Waals surface area contributed by atoms with Crippen LogP contribution in [0.5, 0.6) is 0 Å². The minimum atomic E-state index is 0.366. The Morgan fingerprint density at radius 2 is 1.58 bits per heavy atom. The van der Waals surface area contributed by atoms with Gasteiger partial charge in [0.2, 0.25) is 0 Å². The van der Waals surface area contributed by atoms with E-state index in [0.29, 0.717) is 6.61 Å². The lowest BCUT2D eigenvalue weighted by molar-refractivity contribution is 0.282. The molecule has 0 aromatic heterocycles. The zero-order valence-electron chi connectivity index (χ0n) is 8.68. The zero-order valence-corrected chi connectivity index (χ0v) is 8.68. The van der Waals surface area contributed by atoms with Crippen LogP contribution in [-0.2, 0) is 0 Å². The van der Waals surface area contributed by atoms with Crippen molar-refractivity contribution >= 4 is 0 Å². The van der Waals surface area contributed by atoms with Crippen molar-refractivity contribution in [2.75, 3.05) is 6.61 Å². The van der Waals surface area contributed by atoms with Gasteiger partial charge < -0.3 is 5.11 Å². The van der Waals surface area contributed by atoms with Crippen LogP contribution in [0.3, 0.4) is 0 Å². The largest absolute Gasteiger partial charge is 0.396 e. The number of aliphatic hydroxyl groups excluding tert-OH is 1. The molecule has 0 aromatic carbocycles. The van der Waals surface area contributed by atoms with Crippen LogP contribution in [0.15, 0.2) is 0 Å². The third kappa shape index (κ3) is 8.06. The third-order valence-electron chi connectivity index (χ3n) is 2.55. The number of hydrogen-bond acceptors (Lipinski definition) is 1. The summed E-state index contributed by atoms with van der Waals surface area (Å²) >= 11 is 0. The van der Waals surface area contributed by atoms with E-state index in [1.54, 1.807) is 0 Å². The molecule has 0 spiro atoms. The maximum Gasteiger partial charge on any atom is 0.0431 e. The van der Waals surface area contributed by atoms with Crippen LogP contribution >= 0.6 is 0 Å². The second-order valence-electron chi connectivity index (χ2n) is 3.79. The fourth-order valence-corrected chi connectivity index (χ4v) is 1.34. The number of unbranched alkanes of at least 4 members (excludes halogenated alkanes) is 4.